The molecular weight excluding hydrogens is 464 g/mol. The number of anilines is 1. The Morgan fingerprint density at radius 1 is 1.26 bits per heavy atom. The van der Waals surface area contributed by atoms with Crippen LogP contribution < -0.4 is 10.2 Å². The van der Waals surface area contributed by atoms with E-state index in [9.17, 15) is 10.1 Å². The van der Waals surface area contributed by atoms with Gasteiger partial charge in [-0.05, 0) is 62.3 Å². The third-order valence-electron chi connectivity index (χ3n) is 7.62. The maximum atomic E-state index is 12.7. The third kappa shape index (κ3) is 4.12. The van der Waals surface area contributed by atoms with Crippen LogP contribution in [0.1, 0.15) is 71.7 Å². The average molecular weight is 489 g/mol. The smallest absolute Gasteiger partial charge is 0.273 e. The number of hydrogen-bond acceptors (Lipinski definition) is 7. The summed E-state index contributed by atoms with van der Waals surface area (Å²) in [6.07, 6.45) is 9.47. The highest BCUT2D eigenvalue weighted by atomic mass is 35.5. The lowest BCUT2D eigenvalue weighted by molar-refractivity contribution is 0.0903. The van der Waals surface area contributed by atoms with E-state index < -0.39 is 0 Å². The van der Waals surface area contributed by atoms with Gasteiger partial charge in [-0.3, -0.25) is 4.79 Å². The molecule has 1 saturated heterocycles. The summed E-state index contributed by atoms with van der Waals surface area (Å²) in [4.78, 5) is 24.0. The Labute approximate surface area is 208 Å². The Morgan fingerprint density at radius 2 is 2.00 bits per heavy atom. The summed E-state index contributed by atoms with van der Waals surface area (Å²) < 4.78 is 1.66. The van der Waals surface area contributed by atoms with Crippen molar-refractivity contribution in [1.29, 1.82) is 5.26 Å². The average Bonchev–Trinajstić information content (AvgIpc) is 3.48. The maximum absolute atomic E-state index is 12.7. The summed E-state index contributed by atoms with van der Waals surface area (Å²) >= 11 is 6.11. The van der Waals surface area contributed by atoms with Crippen LogP contribution in [0.5, 0.6) is 0 Å². The number of aromatic nitrogens is 5. The quantitative estimate of drug-likeness (QED) is 0.565. The highest BCUT2D eigenvalue weighted by Gasteiger charge is 2.53. The molecule has 2 saturated carbocycles. The minimum atomic E-state index is -0.253. The topological polar surface area (TPSA) is 113 Å². The van der Waals surface area contributed by atoms with Gasteiger partial charge in [0.1, 0.15) is 0 Å². The first-order valence-corrected chi connectivity index (χ1v) is 12.3. The van der Waals surface area contributed by atoms with Crippen molar-refractivity contribution in [2.75, 3.05) is 18.0 Å². The minimum Gasteiger partial charge on any atom is -0.348 e. The number of halogens is 1. The van der Waals surface area contributed by atoms with Gasteiger partial charge in [-0.15, -0.1) is 5.10 Å². The lowest BCUT2D eigenvalue weighted by Gasteiger charge is -2.39. The van der Waals surface area contributed by atoms with Crippen molar-refractivity contribution in [1.82, 2.24) is 30.3 Å². The second-order valence-electron chi connectivity index (χ2n) is 10.1. The number of rotatable bonds is 6. The van der Waals surface area contributed by atoms with E-state index in [-0.39, 0.29) is 29.6 Å². The molecule has 10 heteroatoms. The molecule has 3 aromatic rings. The molecule has 1 amide bonds. The second kappa shape index (κ2) is 8.31. The SMILES string of the molecule is C[C@@H](c1cnc(N2CC3(CC3)C2)nc1)n1cc(C(=O)N[C@H]2C[C@@H](c3cc(Cl)ccc3C#N)C2)nn1. The Kier molecular flexibility index (Phi) is 5.22. The van der Waals surface area contributed by atoms with E-state index in [1.165, 1.54) is 12.8 Å². The molecule has 35 heavy (non-hydrogen) atoms. The van der Waals surface area contributed by atoms with Gasteiger partial charge in [-0.1, -0.05) is 16.8 Å². The van der Waals surface area contributed by atoms with Gasteiger partial charge >= 0.3 is 0 Å². The van der Waals surface area contributed by atoms with E-state index >= 15 is 0 Å². The summed E-state index contributed by atoms with van der Waals surface area (Å²) in [5, 5.41) is 21.2. The Balaban J connectivity index is 1.04. The molecule has 1 aliphatic heterocycles. The Bertz CT molecular complexity index is 1310. The summed E-state index contributed by atoms with van der Waals surface area (Å²) in [7, 11) is 0. The summed E-state index contributed by atoms with van der Waals surface area (Å²) in [5.74, 6) is 0.728. The highest BCUT2D eigenvalue weighted by molar-refractivity contribution is 6.30. The lowest BCUT2D eigenvalue weighted by atomic mass is 9.74. The standard InChI is InChI=1S/C25H25ClN8O/c1-15(18-10-28-24(29-11-18)33-13-25(14-33)4-5-25)34-12-22(31-32-34)23(35)30-20-6-17(7-20)21-8-19(26)3-2-16(21)9-27/h2-3,8,10-12,15,17,20H,4-7,13-14H2,1H3,(H,30,35)/t15-,17-,20+/m0/s1. The van der Waals surface area contributed by atoms with Gasteiger partial charge < -0.3 is 10.2 Å². The zero-order chi connectivity index (χ0) is 24.2. The molecule has 0 bridgehead atoms. The van der Waals surface area contributed by atoms with Gasteiger partial charge in [-0.25, -0.2) is 14.6 Å². The van der Waals surface area contributed by atoms with Crippen molar-refractivity contribution in [3.63, 3.8) is 0 Å². The van der Waals surface area contributed by atoms with Crippen LogP contribution in [-0.2, 0) is 0 Å². The van der Waals surface area contributed by atoms with E-state index in [4.69, 9.17) is 11.6 Å². The minimum absolute atomic E-state index is 0.0258. The molecule has 1 aromatic carbocycles. The number of carbonyl (C=O) groups is 1. The predicted molar refractivity (Wildman–Crippen MR) is 129 cm³/mol. The Morgan fingerprint density at radius 3 is 2.69 bits per heavy atom. The van der Waals surface area contributed by atoms with Gasteiger partial charge in [0.05, 0.1) is 23.9 Å². The number of amides is 1. The van der Waals surface area contributed by atoms with Gasteiger partial charge in [0.2, 0.25) is 5.95 Å². The van der Waals surface area contributed by atoms with Crippen LogP contribution in [0.15, 0.2) is 36.8 Å². The summed E-state index contributed by atoms with van der Waals surface area (Å²) in [5.41, 5.74) is 3.31. The monoisotopic (exact) mass is 488 g/mol. The van der Waals surface area contributed by atoms with Crippen molar-refractivity contribution in [3.05, 3.63) is 64.2 Å². The molecular formula is C25H25ClN8O. The van der Waals surface area contributed by atoms with Crippen molar-refractivity contribution in [3.8, 4) is 6.07 Å². The number of nitrogens with one attached hydrogen (secondary N) is 1. The normalized spacial score (nSPS) is 22.6. The maximum Gasteiger partial charge on any atom is 0.273 e. The van der Waals surface area contributed by atoms with E-state index in [0.29, 0.717) is 16.0 Å². The van der Waals surface area contributed by atoms with Crippen LogP contribution in [0.25, 0.3) is 0 Å². The van der Waals surface area contributed by atoms with Crippen LogP contribution in [0.4, 0.5) is 5.95 Å². The first-order chi connectivity index (χ1) is 16.9. The molecule has 2 aromatic heterocycles. The molecule has 0 radical (unpaired) electrons. The predicted octanol–water partition coefficient (Wildman–Crippen LogP) is 3.48. The van der Waals surface area contributed by atoms with Gasteiger partial charge in [-0.2, -0.15) is 5.26 Å². The van der Waals surface area contributed by atoms with Crippen molar-refractivity contribution >= 4 is 23.5 Å². The van der Waals surface area contributed by atoms with Gasteiger partial charge in [0, 0.05) is 47.5 Å². The number of nitriles is 1. The molecule has 1 spiro atoms. The van der Waals surface area contributed by atoms with E-state index in [1.807, 2.05) is 25.4 Å². The van der Waals surface area contributed by atoms with E-state index in [0.717, 1.165) is 43.0 Å². The van der Waals surface area contributed by atoms with Crippen molar-refractivity contribution in [2.45, 2.75) is 50.6 Å². The molecule has 1 N–H and O–H groups in total. The molecule has 1 atom stereocenters. The van der Waals surface area contributed by atoms with Crippen LogP contribution >= 0.6 is 11.6 Å². The highest BCUT2D eigenvalue weighted by Crippen LogP contribution is 2.53. The molecule has 3 fully saturated rings. The molecule has 3 aliphatic rings. The summed E-state index contributed by atoms with van der Waals surface area (Å²) in [6, 6.07) is 7.42. The Hall–Kier alpha value is -3.51. The van der Waals surface area contributed by atoms with Gasteiger partial charge in [0.25, 0.3) is 5.91 Å². The van der Waals surface area contributed by atoms with Crippen LogP contribution in [0.3, 0.4) is 0 Å². The zero-order valence-corrected chi connectivity index (χ0v) is 20.1. The summed E-state index contributed by atoms with van der Waals surface area (Å²) in [6.45, 7) is 4.10. The molecule has 6 rings (SSSR count). The number of hydrogen-bond donors (Lipinski definition) is 1. The van der Waals surface area contributed by atoms with Crippen LogP contribution in [-0.4, -0.2) is 50.0 Å². The van der Waals surface area contributed by atoms with Gasteiger partial charge in [0.15, 0.2) is 5.69 Å². The fraction of sp³-hybridized carbons (Fsp3) is 0.440. The first-order valence-electron chi connectivity index (χ1n) is 11.9. The van der Waals surface area contributed by atoms with Crippen LogP contribution in [0, 0.1) is 16.7 Å². The third-order valence-corrected chi connectivity index (χ3v) is 7.86. The van der Waals surface area contributed by atoms with E-state index in [1.54, 1.807) is 23.0 Å². The fourth-order valence-corrected chi connectivity index (χ4v) is 5.23. The van der Waals surface area contributed by atoms with E-state index in [2.05, 4.69) is 36.6 Å². The molecule has 0 unspecified atom stereocenters. The molecule has 2 aliphatic carbocycles. The fourth-order valence-electron chi connectivity index (χ4n) is 5.05. The number of carbonyl (C=O) groups excluding carboxylic acids is 1. The molecule has 9 nitrogen and oxygen atoms in total. The van der Waals surface area contributed by atoms with Crippen molar-refractivity contribution < 1.29 is 4.79 Å². The first kappa shape index (κ1) is 22.0. The molecule has 3 heterocycles. The number of nitrogens with zero attached hydrogens (tertiary/aromatic N) is 7. The number of benzene rings is 1. The molecule has 178 valence electrons. The van der Waals surface area contributed by atoms with Crippen LogP contribution in [0.2, 0.25) is 5.02 Å². The largest absolute Gasteiger partial charge is 0.348 e. The lowest BCUT2D eigenvalue weighted by Crippen LogP contribution is -2.49. The zero-order valence-electron chi connectivity index (χ0n) is 19.4. The second-order valence-corrected chi connectivity index (χ2v) is 10.6. The van der Waals surface area contributed by atoms with Crippen molar-refractivity contribution in [2.24, 2.45) is 5.41 Å².